The van der Waals surface area contributed by atoms with Crippen LogP contribution in [0.5, 0.6) is 0 Å². The van der Waals surface area contributed by atoms with Crippen molar-refractivity contribution in [2.75, 3.05) is 13.1 Å². The van der Waals surface area contributed by atoms with Gasteiger partial charge in [-0.25, -0.2) is 13.1 Å². The largest absolute Gasteiger partial charge is 0.360 e. The first-order valence-electron chi connectivity index (χ1n) is 7.63. The molecule has 0 aliphatic heterocycles. The Kier molecular flexibility index (Phi) is 6.21. The van der Waals surface area contributed by atoms with Crippen LogP contribution in [0.2, 0.25) is 5.02 Å². The highest BCUT2D eigenvalue weighted by Crippen LogP contribution is 2.18. The number of carbonyl (C=O) groups is 1. The number of benzene rings is 1. The minimum Gasteiger partial charge on any atom is -0.360 e. The third kappa shape index (κ3) is 5.04. The topological polar surface area (TPSA) is 92.5 Å². The van der Waals surface area contributed by atoms with E-state index in [1.165, 1.54) is 13.8 Å². The van der Waals surface area contributed by atoms with Crippen molar-refractivity contribution in [3.63, 3.8) is 0 Å². The lowest BCUT2D eigenvalue weighted by Gasteiger charge is -2.21. The Morgan fingerprint density at radius 2 is 1.92 bits per heavy atom. The standard InChI is InChI=1S/C16H20ClN3O4S/c1-11-16(12(2)24-19-11)25(22,23)18-8-9-20(13(3)21)10-14-4-6-15(17)7-5-14/h4-7,18H,8-10H2,1-3H3. The third-order valence-corrected chi connectivity index (χ3v) is 5.60. The average Bonchev–Trinajstić information content (AvgIpc) is 2.87. The molecule has 2 rings (SSSR count). The highest BCUT2D eigenvalue weighted by Gasteiger charge is 2.24. The normalized spacial score (nSPS) is 11.5. The van der Waals surface area contributed by atoms with Gasteiger partial charge in [-0.1, -0.05) is 28.9 Å². The Morgan fingerprint density at radius 3 is 2.44 bits per heavy atom. The summed E-state index contributed by atoms with van der Waals surface area (Å²) in [6.45, 7) is 5.24. The monoisotopic (exact) mass is 385 g/mol. The van der Waals surface area contributed by atoms with Crippen molar-refractivity contribution in [2.24, 2.45) is 0 Å². The summed E-state index contributed by atoms with van der Waals surface area (Å²) in [5.74, 6) is 0.0843. The second-order valence-electron chi connectivity index (χ2n) is 5.62. The number of halogens is 1. The van der Waals surface area contributed by atoms with Crippen molar-refractivity contribution in [3.05, 3.63) is 46.3 Å². The quantitative estimate of drug-likeness (QED) is 0.789. The van der Waals surface area contributed by atoms with E-state index in [9.17, 15) is 13.2 Å². The highest BCUT2D eigenvalue weighted by molar-refractivity contribution is 7.89. The molecule has 0 atom stereocenters. The van der Waals surface area contributed by atoms with Crippen LogP contribution in [0.15, 0.2) is 33.7 Å². The maximum atomic E-state index is 12.4. The number of amides is 1. The zero-order chi connectivity index (χ0) is 18.6. The molecule has 136 valence electrons. The van der Waals surface area contributed by atoms with Gasteiger partial charge in [-0.3, -0.25) is 4.79 Å². The fraction of sp³-hybridized carbons (Fsp3) is 0.375. The van der Waals surface area contributed by atoms with Crippen LogP contribution in [0, 0.1) is 13.8 Å². The zero-order valence-electron chi connectivity index (χ0n) is 14.2. The van der Waals surface area contributed by atoms with E-state index in [-0.39, 0.29) is 29.7 Å². The molecule has 0 spiro atoms. The van der Waals surface area contributed by atoms with Crippen LogP contribution >= 0.6 is 11.6 Å². The lowest BCUT2D eigenvalue weighted by atomic mass is 10.2. The van der Waals surface area contributed by atoms with E-state index in [1.807, 2.05) is 12.1 Å². The second kappa shape index (κ2) is 7.99. The number of aryl methyl sites for hydroxylation is 2. The van der Waals surface area contributed by atoms with E-state index in [4.69, 9.17) is 16.1 Å². The molecule has 0 aliphatic rings. The van der Waals surface area contributed by atoms with Gasteiger partial charge in [0.1, 0.15) is 10.6 Å². The molecule has 0 bridgehead atoms. The van der Waals surface area contributed by atoms with Gasteiger partial charge in [0.05, 0.1) is 0 Å². The Hall–Kier alpha value is -1.90. The number of hydrogen-bond donors (Lipinski definition) is 1. The van der Waals surface area contributed by atoms with Crippen LogP contribution < -0.4 is 4.72 Å². The molecule has 1 N–H and O–H groups in total. The van der Waals surface area contributed by atoms with Gasteiger partial charge in [-0.15, -0.1) is 0 Å². The molecule has 0 radical (unpaired) electrons. The summed E-state index contributed by atoms with van der Waals surface area (Å²) < 4.78 is 32.1. The van der Waals surface area contributed by atoms with Crippen LogP contribution in [0.4, 0.5) is 0 Å². The van der Waals surface area contributed by atoms with E-state index >= 15 is 0 Å². The van der Waals surface area contributed by atoms with E-state index < -0.39 is 10.0 Å². The molecule has 1 amide bonds. The van der Waals surface area contributed by atoms with Crippen molar-refractivity contribution in [3.8, 4) is 0 Å². The number of nitrogens with one attached hydrogen (secondary N) is 1. The fourth-order valence-electron chi connectivity index (χ4n) is 2.40. The smallest absolute Gasteiger partial charge is 0.246 e. The van der Waals surface area contributed by atoms with Gasteiger partial charge >= 0.3 is 0 Å². The highest BCUT2D eigenvalue weighted by atomic mass is 35.5. The molecule has 0 saturated carbocycles. The number of nitrogens with zero attached hydrogens (tertiary/aromatic N) is 2. The molecular weight excluding hydrogens is 366 g/mol. The zero-order valence-corrected chi connectivity index (χ0v) is 15.8. The van der Waals surface area contributed by atoms with Crippen LogP contribution in [0.1, 0.15) is 23.9 Å². The van der Waals surface area contributed by atoms with Gasteiger partial charge in [0, 0.05) is 31.6 Å². The summed E-state index contributed by atoms with van der Waals surface area (Å²) in [6, 6.07) is 7.14. The Labute approximate surface area is 152 Å². The summed E-state index contributed by atoms with van der Waals surface area (Å²) in [7, 11) is -3.74. The molecule has 2 aromatic rings. The summed E-state index contributed by atoms with van der Waals surface area (Å²) in [6.07, 6.45) is 0. The number of hydrogen-bond acceptors (Lipinski definition) is 5. The number of carbonyl (C=O) groups excluding carboxylic acids is 1. The third-order valence-electron chi connectivity index (χ3n) is 3.64. The molecule has 0 aliphatic carbocycles. The first-order valence-corrected chi connectivity index (χ1v) is 9.49. The first-order chi connectivity index (χ1) is 11.7. The number of rotatable bonds is 7. The van der Waals surface area contributed by atoms with Gasteiger partial charge in [-0.2, -0.15) is 0 Å². The Bertz CT molecular complexity index is 827. The molecule has 0 fully saturated rings. The molecule has 9 heteroatoms. The number of sulfonamides is 1. The van der Waals surface area contributed by atoms with E-state index in [0.717, 1.165) is 5.56 Å². The van der Waals surface area contributed by atoms with Crippen molar-refractivity contribution in [2.45, 2.75) is 32.2 Å². The fourth-order valence-corrected chi connectivity index (χ4v) is 3.88. The molecule has 1 aromatic carbocycles. The van der Waals surface area contributed by atoms with Gasteiger partial charge < -0.3 is 9.42 Å². The molecule has 0 saturated heterocycles. The van der Waals surface area contributed by atoms with Crippen molar-refractivity contribution in [1.82, 2.24) is 14.8 Å². The first kappa shape index (κ1) is 19.4. The Morgan fingerprint density at radius 1 is 1.28 bits per heavy atom. The maximum Gasteiger partial charge on any atom is 0.246 e. The van der Waals surface area contributed by atoms with E-state index in [2.05, 4.69) is 9.88 Å². The van der Waals surface area contributed by atoms with Crippen LogP contribution in [-0.2, 0) is 21.4 Å². The molecule has 1 aromatic heterocycles. The summed E-state index contributed by atoms with van der Waals surface area (Å²) in [5.41, 5.74) is 1.21. The minimum atomic E-state index is -3.74. The lowest BCUT2D eigenvalue weighted by Crippen LogP contribution is -2.37. The van der Waals surface area contributed by atoms with E-state index in [1.54, 1.807) is 24.0 Å². The maximum absolute atomic E-state index is 12.4. The van der Waals surface area contributed by atoms with Gasteiger partial charge in [0.25, 0.3) is 0 Å². The van der Waals surface area contributed by atoms with Crippen molar-refractivity contribution >= 4 is 27.5 Å². The molecule has 25 heavy (non-hydrogen) atoms. The predicted octanol–water partition coefficient (Wildman–Crippen LogP) is 2.27. The SMILES string of the molecule is CC(=O)N(CCNS(=O)(=O)c1c(C)noc1C)Cc1ccc(Cl)cc1. The lowest BCUT2D eigenvalue weighted by molar-refractivity contribution is -0.129. The van der Waals surface area contributed by atoms with Gasteiger partial charge in [0.2, 0.25) is 15.9 Å². The van der Waals surface area contributed by atoms with Crippen molar-refractivity contribution in [1.29, 1.82) is 0 Å². The van der Waals surface area contributed by atoms with Crippen LogP contribution in [-0.4, -0.2) is 37.5 Å². The Balaban J connectivity index is 1.99. The molecular formula is C16H20ClN3O4S. The molecule has 0 unspecified atom stereocenters. The predicted molar refractivity (Wildman–Crippen MR) is 93.7 cm³/mol. The molecule has 7 nitrogen and oxygen atoms in total. The number of aromatic nitrogens is 1. The average molecular weight is 386 g/mol. The second-order valence-corrected chi connectivity index (χ2v) is 7.76. The van der Waals surface area contributed by atoms with Crippen LogP contribution in [0.3, 0.4) is 0 Å². The van der Waals surface area contributed by atoms with E-state index in [0.29, 0.717) is 17.3 Å². The minimum absolute atomic E-state index is 0.0413. The van der Waals surface area contributed by atoms with Gasteiger partial charge in [0.15, 0.2) is 5.76 Å². The van der Waals surface area contributed by atoms with Crippen molar-refractivity contribution < 1.29 is 17.7 Å². The summed E-state index contributed by atoms with van der Waals surface area (Å²) >= 11 is 5.85. The summed E-state index contributed by atoms with van der Waals surface area (Å²) in [5, 5.41) is 4.26. The van der Waals surface area contributed by atoms with Gasteiger partial charge in [-0.05, 0) is 31.5 Å². The summed E-state index contributed by atoms with van der Waals surface area (Å²) in [4.78, 5) is 13.4. The molecule has 1 heterocycles. The van der Waals surface area contributed by atoms with Crippen LogP contribution in [0.25, 0.3) is 0 Å².